The van der Waals surface area contributed by atoms with Gasteiger partial charge in [-0.3, -0.25) is 0 Å². The van der Waals surface area contributed by atoms with Crippen LogP contribution in [0, 0.1) is 0 Å². The average Bonchev–Trinajstić information content (AvgIpc) is 2.84. The van der Waals surface area contributed by atoms with E-state index in [4.69, 9.17) is 15.3 Å². The van der Waals surface area contributed by atoms with Crippen LogP contribution in [0.2, 0.25) is 0 Å². The Hall–Kier alpha value is -1.94. The van der Waals surface area contributed by atoms with Crippen LogP contribution in [0.5, 0.6) is 0 Å². The highest BCUT2D eigenvalue weighted by Crippen LogP contribution is 2.32. The van der Waals surface area contributed by atoms with Crippen molar-refractivity contribution in [2.45, 2.75) is 6.42 Å². The summed E-state index contributed by atoms with van der Waals surface area (Å²) in [5, 5.41) is 12.3. The molecule has 0 saturated carbocycles. The van der Waals surface area contributed by atoms with E-state index >= 15 is 0 Å². The van der Waals surface area contributed by atoms with Crippen molar-refractivity contribution in [3.05, 3.63) is 36.3 Å². The van der Waals surface area contributed by atoms with E-state index in [1.54, 1.807) is 12.5 Å². The molecule has 0 spiro atoms. The van der Waals surface area contributed by atoms with Crippen molar-refractivity contribution in [1.82, 2.24) is 0 Å². The predicted molar refractivity (Wildman–Crippen MR) is 68.9 cm³/mol. The lowest BCUT2D eigenvalue weighted by Gasteiger charge is -2.14. The van der Waals surface area contributed by atoms with Crippen LogP contribution in [-0.2, 0) is 6.42 Å². The Morgan fingerprint density at radius 3 is 2.82 bits per heavy atom. The van der Waals surface area contributed by atoms with E-state index in [0.717, 1.165) is 22.4 Å². The second-order valence-electron chi connectivity index (χ2n) is 3.83. The lowest BCUT2D eigenvalue weighted by molar-refractivity contribution is 0.300. The number of nitrogens with two attached hydrogens (primary N) is 1. The zero-order chi connectivity index (χ0) is 12.3. The van der Waals surface area contributed by atoms with Crippen LogP contribution in [0.25, 0.3) is 11.1 Å². The Balaban J connectivity index is 2.59. The third kappa shape index (κ3) is 2.26. The minimum absolute atomic E-state index is 0.101. The second-order valence-corrected chi connectivity index (χ2v) is 3.83. The lowest BCUT2D eigenvalue weighted by atomic mass is 9.97. The van der Waals surface area contributed by atoms with Crippen LogP contribution in [0.3, 0.4) is 0 Å². The van der Waals surface area contributed by atoms with Crippen molar-refractivity contribution in [2.24, 2.45) is 0 Å². The van der Waals surface area contributed by atoms with Crippen LogP contribution < -0.4 is 11.1 Å². The number of furan rings is 1. The molecule has 1 heterocycles. The van der Waals surface area contributed by atoms with E-state index in [1.807, 2.05) is 25.2 Å². The third-order valence-electron chi connectivity index (χ3n) is 2.74. The number of aliphatic hydroxyl groups is 1. The van der Waals surface area contributed by atoms with Crippen LogP contribution >= 0.6 is 0 Å². The van der Waals surface area contributed by atoms with Crippen LogP contribution in [0.1, 0.15) is 5.56 Å². The number of benzene rings is 1. The number of aliphatic hydroxyl groups excluding tert-OH is 1. The van der Waals surface area contributed by atoms with Gasteiger partial charge in [0.2, 0.25) is 0 Å². The van der Waals surface area contributed by atoms with E-state index in [2.05, 4.69) is 5.32 Å². The largest absolute Gasteiger partial charge is 0.472 e. The van der Waals surface area contributed by atoms with Gasteiger partial charge in [-0.05, 0) is 35.7 Å². The molecule has 2 aromatic rings. The van der Waals surface area contributed by atoms with Gasteiger partial charge in [0, 0.05) is 30.6 Å². The van der Waals surface area contributed by atoms with Crippen molar-refractivity contribution in [3.63, 3.8) is 0 Å². The van der Waals surface area contributed by atoms with E-state index in [9.17, 15) is 0 Å². The number of nitrogens with one attached hydrogen (secondary N) is 1. The highest BCUT2D eigenvalue weighted by Gasteiger charge is 2.11. The molecule has 0 atom stereocenters. The molecule has 1 aromatic heterocycles. The normalized spacial score (nSPS) is 10.5. The van der Waals surface area contributed by atoms with E-state index in [1.165, 1.54) is 0 Å². The van der Waals surface area contributed by atoms with E-state index in [0.29, 0.717) is 12.1 Å². The van der Waals surface area contributed by atoms with Gasteiger partial charge in [0.1, 0.15) is 0 Å². The molecule has 0 fully saturated rings. The number of hydrogen-bond acceptors (Lipinski definition) is 4. The number of anilines is 2. The Bertz CT molecular complexity index is 492. The smallest absolute Gasteiger partial charge is 0.0981 e. The maximum absolute atomic E-state index is 9.15. The summed E-state index contributed by atoms with van der Waals surface area (Å²) < 4.78 is 5.09. The second kappa shape index (κ2) is 4.93. The predicted octanol–water partition coefficient (Wildman–Crippen LogP) is 2.11. The fourth-order valence-corrected chi connectivity index (χ4v) is 1.97. The SMILES string of the molecule is CNc1cc(N)cc(-c2ccoc2)c1CCO. The van der Waals surface area contributed by atoms with Gasteiger partial charge in [0.05, 0.1) is 12.5 Å². The summed E-state index contributed by atoms with van der Waals surface area (Å²) in [6.07, 6.45) is 3.88. The first-order valence-electron chi connectivity index (χ1n) is 5.50. The van der Waals surface area contributed by atoms with E-state index < -0.39 is 0 Å². The highest BCUT2D eigenvalue weighted by atomic mass is 16.3. The molecule has 4 nitrogen and oxygen atoms in total. The average molecular weight is 232 g/mol. The summed E-state index contributed by atoms with van der Waals surface area (Å²) in [5.41, 5.74) is 10.5. The highest BCUT2D eigenvalue weighted by molar-refractivity contribution is 5.78. The number of nitrogen functional groups attached to an aromatic ring is 1. The first kappa shape index (κ1) is 11.5. The molecule has 0 bridgehead atoms. The van der Waals surface area contributed by atoms with E-state index in [-0.39, 0.29) is 6.61 Å². The monoisotopic (exact) mass is 232 g/mol. The topological polar surface area (TPSA) is 71.4 Å². The van der Waals surface area contributed by atoms with Crippen molar-refractivity contribution in [2.75, 3.05) is 24.7 Å². The summed E-state index contributed by atoms with van der Waals surface area (Å²) in [6, 6.07) is 5.65. The molecule has 0 saturated heterocycles. The van der Waals surface area contributed by atoms with Gasteiger partial charge in [0.15, 0.2) is 0 Å². The van der Waals surface area contributed by atoms with Crippen molar-refractivity contribution in [1.29, 1.82) is 0 Å². The van der Waals surface area contributed by atoms with Gasteiger partial charge in [-0.15, -0.1) is 0 Å². The zero-order valence-corrected chi connectivity index (χ0v) is 9.73. The molecule has 4 N–H and O–H groups in total. The molecule has 0 aliphatic carbocycles. The molecule has 0 unspecified atom stereocenters. The van der Waals surface area contributed by atoms with Gasteiger partial charge >= 0.3 is 0 Å². The molecule has 0 radical (unpaired) electrons. The minimum atomic E-state index is 0.101. The minimum Gasteiger partial charge on any atom is -0.472 e. The maximum Gasteiger partial charge on any atom is 0.0981 e. The first-order chi connectivity index (χ1) is 8.26. The van der Waals surface area contributed by atoms with Crippen LogP contribution in [0.4, 0.5) is 11.4 Å². The third-order valence-corrected chi connectivity index (χ3v) is 2.74. The maximum atomic E-state index is 9.15. The van der Waals surface area contributed by atoms with Crippen molar-refractivity contribution < 1.29 is 9.52 Å². The van der Waals surface area contributed by atoms with Crippen molar-refractivity contribution >= 4 is 11.4 Å². The summed E-state index contributed by atoms with van der Waals surface area (Å²) in [5.74, 6) is 0. The fourth-order valence-electron chi connectivity index (χ4n) is 1.97. The Labute approximate surface area is 100 Å². The standard InChI is InChI=1S/C13H16N2O2/c1-15-13-7-10(14)6-12(11(13)2-4-16)9-3-5-17-8-9/h3,5-8,15-16H,2,4,14H2,1H3. The van der Waals surface area contributed by atoms with Gasteiger partial charge < -0.3 is 20.6 Å². The lowest BCUT2D eigenvalue weighted by Crippen LogP contribution is -2.02. The molecule has 4 heteroatoms. The number of rotatable bonds is 4. The molecule has 90 valence electrons. The molecule has 17 heavy (non-hydrogen) atoms. The number of hydrogen-bond donors (Lipinski definition) is 3. The van der Waals surface area contributed by atoms with Gasteiger partial charge in [-0.25, -0.2) is 0 Å². The summed E-state index contributed by atoms with van der Waals surface area (Å²) in [7, 11) is 1.84. The Morgan fingerprint density at radius 2 is 2.24 bits per heavy atom. The Kier molecular flexibility index (Phi) is 3.35. The molecule has 2 rings (SSSR count). The summed E-state index contributed by atoms with van der Waals surface area (Å²) >= 11 is 0. The molecule has 1 aromatic carbocycles. The first-order valence-corrected chi connectivity index (χ1v) is 5.50. The molecular formula is C13H16N2O2. The quantitative estimate of drug-likeness (QED) is 0.706. The van der Waals surface area contributed by atoms with Gasteiger partial charge in [-0.2, -0.15) is 0 Å². The Morgan fingerprint density at radius 1 is 1.41 bits per heavy atom. The van der Waals surface area contributed by atoms with Crippen LogP contribution in [0.15, 0.2) is 35.1 Å². The molecular weight excluding hydrogens is 216 g/mol. The van der Waals surface area contributed by atoms with Crippen molar-refractivity contribution in [3.8, 4) is 11.1 Å². The summed E-state index contributed by atoms with van der Waals surface area (Å²) in [4.78, 5) is 0. The molecule has 0 aliphatic rings. The zero-order valence-electron chi connectivity index (χ0n) is 9.73. The molecule has 0 aliphatic heterocycles. The molecule has 0 amide bonds. The van der Waals surface area contributed by atoms with Gasteiger partial charge in [0.25, 0.3) is 0 Å². The van der Waals surface area contributed by atoms with Gasteiger partial charge in [-0.1, -0.05) is 0 Å². The van der Waals surface area contributed by atoms with Crippen LogP contribution in [-0.4, -0.2) is 18.8 Å². The fraction of sp³-hybridized carbons (Fsp3) is 0.231. The summed E-state index contributed by atoms with van der Waals surface area (Å²) in [6.45, 7) is 0.101.